The molecule has 27 heavy (non-hydrogen) atoms. The van der Waals surface area contributed by atoms with E-state index in [0.717, 1.165) is 66.9 Å². The molecule has 4 rings (SSSR count). The Kier molecular flexibility index (Phi) is 5.18. The number of piperidine rings is 1. The number of rotatable bonds is 4. The highest BCUT2D eigenvalue weighted by Crippen LogP contribution is 2.26. The molecule has 1 saturated heterocycles. The maximum absolute atomic E-state index is 6.00. The Labute approximate surface area is 164 Å². The minimum atomic E-state index is 0.377. The zero-order valence-electron chi connectivity index (χ0n) is 15.6. The van der Waals surface area contributed by atoms with Gasteiger partial charge in [-0.1, -0.05) is 11.6 Å². The van der Waals surface area contributed by atoms with Gasteiger partial charge in [0.25, 0.3) is 0 Å². The summed E-state index contributed by atoms with van der Waals surface area (Å²) >= 11 is 6.00. The van der Waals surface area contributed by atoms with Gasteiger partial charge in [0.05, 0.1) is 5.69 Å². The minimum absolute atomic E-state index is 0.377. The molecule has 140 valence electrons. The van der Waals surface area contributed by atoms with Crippen molar-refractivity contribution >= 4 is 11.6 Å². The molecule has 6 nitrogen and oxygen atoms in total. The van der Waals surface area contributed by atoms with Gasteiger partial charge in [-0.3, -0.25) is 10.00 Å². The zero-order valence-corrected chi connectivity index (χ0v) is 16.4. The van der Waals surface area contributed by atoms with Crippen molar-refractivity contribution in [1.82, 2.24) is 30.0 Å². The number of benzene rings is 1. The topological polar surface area (TPSA) is 70.6 Å². The number of hydrogen-bond donors (Lipinski definition) is 1. The van der Waals surface area contributed by atoms with Crippen LogP contribution < -0.4 is 0 Å². The summed E-state index contributed by atoms with van der Waals surface area (Å²) in [5, 5.41) is 8.03. The Balaban J connectivity index is 1.51. The second kappa shape index (κ2) is 7.74. The van der Waals surface area contributed by atoms with Crippen LogP contribution in [0.2, 0.25) is 5.02 Å². The molecule has 1 aromatic carbocycles. The fourth-order valence-electron chi connectivity index (χ4n) is 3.62. The molecule has 3 aromatic rings. The number of nitrogens with one attached hydrogen (secondary N) is 1. The average Bonchev–Trinajstić information content (AvgIpc) is 3.08. The van der Waals surface area contributed by atoms with E-state index in [4.69, 9.17) is 16.6 Å². The van der Waals surface area contributed by atoms with Crippen LogP contribution in [0.1, 0.15) is 41.8 Å². The lowest BCUT2D eigenvalue weighted by Gasteiger charge is -2.31. The summed E-state index contributed by atoms with van der Waals surface area (Å²) in [5.41, 5.74) is 3.00. The summed E-state index contributed by atoms with van der Waals surface area (Å²) in [6.07, 6.45) is 2.28. The SMILES string of the molecule is Cc1cc(CN2CCC[C@H](c3n[nH]c(C)n3)C2)nc(-c2ccc(Cl)cc2)n1. The lowest BCUT2D eigenvalue weighted by atomic mass is 9.97. The molecular formula is C20H23ClN6. The molecule has 1 atom stereocenters. The van der Waals surface area contributed by atoms with Gasteiger partial charge < -0.3 is 0 Å². The van der Waals surface area contributed by atoms with E-state index in [-0.39, 0.29) is 0 Å². The number of H-pyrrole nitrogens is 1. The second-order valence-corrected chi connectivity index (χ2v) is 7.62. The van der Waals surface area contributed by atoms with Gasteiger partial charge in [0.1, 0.15) is 5.82 Å². The van der Waals surface area contributed by atoms with E-state index in [1.807, 2.05) is 38.1 Å². The molecule has 0 radical (unpaired) electrons. The van der Waals surface area contributed by atoms with Gasteiger partial charge in [-0.15, -0.1) is 0 Å². The quantitative estimate of drug-likeness (QED) is 0.740. The summed E-state index contributed by atoms with van der Waals surface area (Å²) in [6.45, 7) is 6.79. The van der Waals surface area contributed by atoms with E-state index in [9.17, 15) is 0 Å². The highest BCUT2D eigenvalue weighted by Gasteiger charge is 2.24. The number of hydrogen-bond acceptors (Lipinski definition) is 5. The second-order valence-electron chi connectivity index (χ2n) is 7.18. The Morgan fingerprint density at radius 1 is 1.15 bits per heavy atom. The fourth-order valence-corrected chi connectivity index (χ4v) is 3.75. The van der Waals surface area contributed by atoms with Gasteiger partial charge >= 0.3 is 0 Å². The first-order valence-corrected chi connectivity index (χ1v) is 9.66. The molecule has 0 saturated carbocycles. The number of aryl methyl sites for hydroxylation is 2. The van der Waals surface area contributed by atoms with Crippen LogP contribution in [-0.2, 0) is 6.54 Å². The van der Waals surface area contributed by atoms with Crippen molar-refractivity contribution in [3.05, 3.63) is 58.4 Å². The summed E-state index contributed by atoms with van der Waals surface area (Å²) in [4.78, 5) is 16.4. The average molecular weight is 383 g/mol. The molecule has 2 aromatic heterocycles. The third kappa shape index (κ3) is 4.34. The number of likely N-dealkylation sites (tertiary alicyclic amines) is 1. The summed E-state index contributed by atoms with van der Waals surface area (Å²) < 4.78 is 0. The molecule has 0 bridgehead atoms. The fraction of sp³-hybridized carbons (Fsp3) is 0.400. The lowest BCUT2D eigenvalue weighted by Crippen LogP contribution is -2.34. The van der Waals surface area contributed by atoms with E-state index in [2.05, 4.69) is 31.1 Å². The summed E-state index contributed by atoms with van der Waals surface area (Å²) in [6, 6.07) is 9.74. The molecule has 7 heteroatoms. The van der Waals surface area contributed by atoms with Crippen LogP contribution in [-0.4, -0.2) is 43.1 Å². The van der Waals surface area contributed by atoms with E-state index in [0.29, 0.717) is 10.9 Å². The van der Waals surface area contributed by atoms with E-state index >= 15 is 0 Å². The number of aromatic amines is 1. The monoisotopic (exact) mass is 382 g/mol. The Bertz CT molecular complexity index is 920. The lowest BCUT2D eigenvalue weighted by molar-refractivity contribution is 0.194. The van der Waals surface area contributed by atoms with Crippen molar-refractivity contribution in [1.29, 1.82) is 0 Å². The molecule has 0 spiro atoms. The number of nitrogens with zero attached hydrogens (tertiary/aromatic N) is 5. The molecule has 1 fully saturated rings. The number of aromatic nitrogens is 5. The number of halogens is 1. The highest BCUT2D eigenvalue weighted by molar-refractivity contribution is 6.30. The van der Waals surface area contributed by atoms with Gasteiger partial charge in [0.15, 0.2) is 11.6 Å². The minimum Gasteiger partial charge on any atom is -0.297 e. The summed E-state index contributed by atoms with van der Waals surface area (Å²) in [7, 11) is 0. The molecule has 1 aliphatic heterocycles. The van der Waals surface area contributed by atoms with Crippen molar-refractivity contribution in [2.45, 2.75) is 39.2 Å². The first-order chi connectivity index (χ1) is 13.1. The van der Waals surface area contributed by atoms with Gasteiger partial charge in [-0.25, -0.2) is 15.0 Å². The molecule has 0 amide bonds. The standard InChI is InChI=1S/C20H23ClN6/c1-13-10-18(24-19(22-13)15-5-7-17(21)8-6-15)12-27-9-3-4-16(11-27)20-23-14(2)25-26-20/h5-8,10,16H,3-4,9,11-12H2,1-2H3,(H,23,25,26)/t16-/m0/s1. The predicted octanol–water partition coefficient (Wildman–Crippen LogP) is 3.91. The van der Waals surface area contributed by atoms with Crippen molar-refractivity contribution in [3.8, 4) is 11.4 Å². The molecule has 0 aliphatic carbocycles. The summed E-state index contributed by atoms with van der Waals surface area (Å²) in [5.74, 6) is 2.93. The van der Waals surface area contributed by atoms with E-state index in [1.165, 1.54) is 0 Å². The van der Waals surface area contributed by atoms with Crippen molar-refractivity contribution in [2.75, 3.05) is 13.1 Å². The van der Waals surface area contributed by atoms with Crippen molar-refractivity contribution < 1.29 is 0 Å². The van der Waals surface area contributed by atoms with E-state index < -0.39 is 0 Å². The van der Waals surface area contributed by atoms with Crippen LogP contribution in [0.5, 0.6) is 0 Å². The van der Waals surface area contributed by atoms with Gasteiger partial charge in [-0.05, 0) is 63.6 Å². The third-order valence-electron chi connectivity index (χ3n) is 4.88. The van der Waals surface area contributed by atoms with Crippen molar-refractivity contribution in [2.24, 2.45) is 0 Å². The van der Waals surface area contributed by atoms with Crippen LogP contribution >= 0.6 is 11.6 Å². The van der Waals surface area contributed by atoms with Gasteiger partial charge in [-0.2, -0.15) is 5.10 Å². The normalized spacial score (nSPS) is 18.0. The zero-order chi connectivity index (χ0) is 18.8. The van der Waals surface area contributed by atoms with Crippen LogP contribution in [0, 0.1) is 13.8 Å². The highest BCUT2D eigenvalue weighted by atomic mass is 35.5. The van der Waals surface area contributed by atoms with Crippen LogP contribution in [0.4, 0.5) is 0 Å². The van der Waals surface area contributed by atoms with Crippen LogP contribution in [0.25, 0.3) is 11.4 Å². The Morgan fingerprint density at radius 2 is 1.96 bits per heavy atom. The van der Waals surface area contributed by atoms with Gasteiger partial charge in [0.2, 0.25) is 0 Å². The van der Waals surface area contributed by atoms with Crippen LogP contribution in [0.15, 0.2) is 30.3 Å². The first kappa shape index (κ1) is 18.1. The smallest absolute Gasteiger partial charge is 0.159 e. The molecule has 3 heterocycles. The largest absolute Gasteiger partial charge is 0.297 e. The molecular weight excluding hydrogens is 360 g/mol. The Morgan fingerprint density at radius 3 is 2.70 bits per heavy atom. The van der Waals surface area contributed by atoms with Crippen LogP contribution in [0.3, 0.4) is 0 Å². The maximum Gasteiger partial charge on any atom is 0.159 e. The third-order valence-corrected chi connectivity index (χ3v) is 5.13. The van der Waals surface area contributed by atoms with E-state index in [1.54, 1.807) is 0 Å². The molecule has 1 N–H and O–H groups in total. The van der Waals surface area contributed by atoms with Crippen molar-refractivity contribution in [3.63, 3.8) is 0 Å². The first-order valence-electron chi connectivity index (χ1n) is 9.28. The maximum atomic E-state index is 6.00. The molecule has 0 unspecified atom stereocenters. The predicted molar refractivity (Wildman–Crippen MR) is 106 cm³/mol. The molecule has 1 aliphatic rings. The Hall–Kier alpha value is -2.31. The van der Waals surface area contributed by atoms with Gasteiger partial charge in [0, 0.05) is 35.3 Å².